The molecule has 1 fully saturated rings. The van der Waals surface area contributed by atoms with Gasteiger partial charge in [-0.1, -0.05) is 18.2 Å². The summed E-state index contributed by atoms with van der Waals surface area (Å²) in [5.74, 6) is -0.514. The SMILES string of the molecule is CN(C)S(=O)(=O)C[C@@H]1COC[C@@H]1NC(=O)Cn1cc2ccccc2n1. The molecule has 0 unspecified atom stereocenters. The molecule has 2 aromatic rings. The average Bonchev–Trinajstić information content (AvgIpc) is 3.13. The van der Waals surface area contributed by atoms with E-state index in [1.54, 1.807) is 4.68 Å². The molecule has 25 heavy (non-hydrogen) atoms. The first-order valence-corrected chi connectivity index (χ1v) is 9.65. The van der Waals surface area contributed by atoms with Crippen LogP contribution in [-0.4, -0.2) is 67.5 Å². The zero-order valence-electron chi connectivity index (χ0n) is 14.3. The highest BCUT2D eigenvalue weighted by atomic mass is 32.2. The van der Waals surface area contributed by atoms with Crippen LogP contribution in [0.3, 0.4) is 0 Å². The molecule has 136 valence electrons. The number of nitrogens with one attached hydrogen (secondary N) is 1. The highest BCUT2D eigenvalue weighted by Crippen LogP contribution is 2.17. The molecule has 0 aliphatic carbocycles. The summed E-state index contributed by atoms with van der Waals surface area (Å²) in [7, 11) is -0.340. The zero-order chi connectivity index (χ0) is 18.0. The van der Waals surface area contributed by atoms with Gasteiger partial charge in [-0.3, -0.25) is 9.48 Å². The van der Waals surface area contributed by atoms with Crippen LogP contribution >= 0.6 is 0 Å². The molecule has 2 atom stereocenters. The van der Waals surface area contributed by atoms with Gasteiger partial charge in [-0.15, -0.1) is 0 Å². The van der Waals surface area contributed by atoms with Crippen molar-refractivity contribution in [3.63, 3.8) is 0 Å². The molecule has 3 rings (SSSR count). The number of fused-ring (bicyclic) bond motifs is 1. The van der Waals surface area contributed by atoms with Gasteiger partial charge < -0.3 is 10.1 Å². The Morgan fingerprint density at radius 2 is 2.12 bits per heavy atom. The first-order chi connectivity index (χ1) is 11.8. The highest BCUT2D eigenvalue weighted by molar-refractivity contribution is 7.89. The van der Waals surface area contributed by atoms with Crippen molar-refractivity contribution >= 4 is 26.8 Å². The summed E-state index contributed by atoms with van der Waals surface area (Å²) in [6.45, 7) is 0.725. The number of benzene rings is 1. The lowest BCUT2D eigenvalue weighted by molar-refractivity contribution is -0.122. The number of carbonyl (C=O) groups is 1. The number of nitrogens with zero attached hydrogens (tertiary/aromatic N) is 3. The van der Waals surface area contributed by atoms with Crippen molar-refractivity contribution in [2.24, 2.45) is 5.92 Å². The van der Waals surface area contributed by atoms with Crippen molar-refractivity contribution in [2.45, 2.75) is 12.6 Å². The molecule has 1 aromatic heterocycles. The number of rotatable bonds is 6. The van der Waals surface area contributed by atoms with Crippen LogP contribution < -0.4 is 5.32 Å². The normalized spacial score (nSPS) is 21.1. The molecule has 1 aromatic carbocycles. The summed E-state index contributed by atoms with van der Waals surface area (Å²) in [5.41, 5.74) is 0.828. The minimum Gasteiger partial charge on any atom is -0.379 e. The third-order valence-electron chi connectivity index (χ3n) is 4.29. The Kier molecular flexibility index (Phi) is 5.07. The van der Waals surface area contributed by atoms with Crippen LogP contribution in [0, 0.1) is 5.92 Å². The Hall–Kier alpha value is -1.97. The lowest BCUT2D eigenvalue weighted by Gasteiger charge is -2.21. The lowest BCUT2D eigenvalue weighted by Crippen LogP contribution is -2.44. The molecule has 1 aliphatic heterocycles. The number of hydrogen-bond donors (Lipinski definition) is 1. The van der Waals surface area contributed by atoms with E-state index in [0.717, 1.165) is 10.9 Å². The zero-order valence-corrected chi connectivity index (χ0v) is 15.1. The molecular formula is C16H22N4O4S. The monoisotopic (exact) mass is 366 g/mol. The second kappa shape index (κ2) is 7.11. The van der Waals surface area contributed by atoms with Crippen molar-refractivity contribution < 1.29 is 17.9 Å². The lowest BCUT2D eigenvalue weighted by atomic mass is 10.1. The minimum atomic E-state index is -3.34. The third-order valence-corrected chi connectivity index (χ3v) is 6.25. The van der Waals surface area contributed by atoms with Crippen LogP contribution in [0.2, 0.25) is 0 Å². The fourth-order valence-corrected chi connectivity index (χ4v) is 4.01. The Morgan fingerprint density at radius 1 is 1.36 bits per heavy atom. The number of ether oxygens (including phenoxy) is 1. The predicted molar refractivity (Wildman–Crippen MR) is 93.4 cm³/mol. The van der Waals surface area contributed by atoms with Crippen LogP contribution in [0.15, 0.2) is 30.5 Å². The number of carbonyl (C=O) groups excluding carboxylic acids is 1. The van der Waals surface area contributed by atoms with Gasteiger partial charge in [-0.2, -0.15) is 5.10 Å². The third kappa shape index (κ3) is 4.17. The van der Waals surface area contributed by atoms with E-state index < -0.39 is 10.0 Å². The highest BCUT2D eigenvalue weighted by Gasteiger charge is 2.34. The maximum Gasteiger partial charge on any atom is 0.242 e. The number of hydrogen-bond acceptors (Lipinski definition) is 5. The molecule has 2 heterocycles. The van der Waals surface area contributed by atoms with E-state index in [0.29, 0.717) is 13.2 Å². The van der Waals surface area contributed by atoms with Crippen LogP contribution in [0.1, 0.15) is 0 Å². The quantitative estimate of drug-likeness (QED) is 0.780. The topological polar surface area (TPSA) is 93.5 Å². The van der Waals surface area contributed by atoms with E-state index in [9.17, 15) is 13.2 Å². The van der Waals surface area contributed by atoms with Gasteiger partial charge in [0.2, 0.25) is 15.9 Å². The van der Waals surface area contributed by atoms with Crippen LogP contribution in [0.4, 0.5) is 0 Å². The maximum atomic E-state index is 12.3. The van der Waals surface area contributed by atoms with Gasteiger partial charge in [0, 0.05) is 31.6 Å². The number of aromatic nitrogens is 2. The molecule has 1 N–H and O–H groups in total. The molecule has 8 nitrogen and oxygen atoms in total. The van der Waals surface area contributed by atoms with Crippen molar-refractivity contribution in [2.75, 3.05) is 33.1 Å². The van der Waals surface area contributed by atoms with Crippen molar-refractivity contribution in [1.82, 2.24) is 19.4 Å². The van der Waals surface area contributed by atoms with Crippen molar-refractivity contribution in [3.05, 3.63) is 30.5 Å². The molecule has 9 heteroatoms. The second-order valence-corrected chi connectivity index (χ2v) is 8.65. The summed E-state index contributed by atoms with van der Waals surface area (Å²) in [5, 5.41) is 8.19. The van der Waals surface area contributed by atoms with Crippen molar-refractivity contribution in [3.8, 4) is 0 Å². The molecule has 0 spiro atoms. The first kappa shape index (κ1) is 17.8. The molecule has 1 aliphatic rings. The Balaban J connectivity index is 1.61. The van der Waals surface area contributed by atoms with Gasteiger partial charge in [0.25, 0.3) is 0 Å². The van der Waals surface area contributed by atoms with Gasteiger partial charge in [0.1, 0.15) is 6.54 Å². The molecule has 1 saturated heterocycles. The average molecular weight is 366 g/mol. The first-order valence-electron chi connectivity index (χ1n) is 8.04. The van der Waals surface area contributed by atoms with Gasteiger partial charge in [0.05, 0.1) is 30.5 Å². The minimum absolute atomic E-state index is 0.0450. The van der Waals surface area contributed by atoms with Gasteiger partial charge in [-0.05, 0) is 6.07 Å². The van der Waals surface area contributed by atoms with Gasteiger partial charge in [-0.25, -0.2) is 12.7 Å². The molecule has 1 amide bonds. The summed E-state index contributed by atoms with van der Waals surface area (Å²) < 4.78 is 32.3. The Bertz CT molecular complexity index is 829. The van der Waals surface area contributed by atoms with Gasteiger partial charge in [0.15, 0.2) is 0 Å². The number of sulfonamides is 1. The maximum absolute atomic E-state index is 12.3. The summed E-state index contributed by atoms with van der Waals surface area (Å²) in [4.78, 5) is 12.3. The van der Waals surface area contributed by atoms with E-state index in [1.807, 2.05) is 30.5 Å². The molecular weight excluding hydrogens is 344 g/mol. The summed E-state index contributed by atoms with van der Waals surface area (Å²) in [6.07, 6.45) is 1.81. The molecule has 0 saturated carbocycles. The van der Waals surface area contributed by atoms with E-state index in [2.05, 4.69) is 10.4 Å². The van der Waals surface area contributed by atoms with E-state index >= 15 is 0 Å². The summed E-state index contributed by atoms with van der Waals surface area (Å²) >= 11 is 0. The predicted octanol–water partition coefficient (Wildman–Crippen LogP) is 0.0589. The van der Waals surface area contributed by atoms with E-state index in [4.69, 9.17) is 4.74 Å². The Labute approximate surface area is 146 Å². The largest absolute Gasteiger partial charge is 0.379 e. The van der Waals surface area contributed by atoms with Crippen molar-refractivity contribution in [1.29, 1.82) is 0 Å². The fraction of sp³-hybridized carbons (Fsp3) is 0.500. The molecule has 0 bridgehead atoms. The van der Waals surface area contributed by atoms with Crippen LogP contribution in [0.25, 0.3) is 10.9 Å². The summed E-state index contributed by atoms with van der Waals surface area (Å²) in [6, 6.07) is 7.32. The standard InChI is InChI=1S/C16H22N4O4S/c1-19(2)25(22,23)11-13-9-24-10-15(13)17-16(21)8-20-7-12-5-3-4-6-14(12)18-20/h3-7,13,15H,8-11H2,1-2H3,(H,17,21)/t13-,15-/m0/s1. The Morgan fingerprint density at radius 3 is 2.84 bits per heavy atom. The van der Waals surface area contributed by atoms with Gasteiger partial charge >= 0.3 is 0 Å². The van der Waals surface area contributed by atoms with E-state index in [1.165, 1.54) is 18.4 Å². The molecule has 0 radical (unpaired) electrons. The second-order valence-electron chi connectivity index (χ2n) is 6.42. The smallest absolute Gasteiger partial charge is 0.242 e. The van der Waals surface area contributed by atoms with Crippen LogP contribution in [-0.2, 0) is 26.1 Å². The number of amides is 1. The van der Waals surface area contributed by atoms with E-state index in [-0.39, 0.29) is 30.2 Å². The fourth-order valence-electron chi connectivity index (χ4n) is 2.84. The van der Waals surface area contributed by atoms with Crippen LogP contribution in [0.5, 0.6) is 0 Å².